The fraction of sp³-hybridized carbons (Fsp3) is 0.125. The average Bonchev–Trinajstić information content (AvgIpc) is 2.64. The largest absolute Gasteiger partial charge is 0.623 e. The maximum Gasteiger partial charge on any atom is 0.231 e. The first kappa shape index (κ1) is 17.2. The second-order valence-corrected chi connectivity index (χ2v) is 5.27. The van der Waals surface area contributed by atoms with E-state index in [1.807, 2.05) is 0 Å². The predicted octanol–water partition coefficient (Wildman–Crippen LogP) is 3.51. The molecule has 1 heterocycles. The lowest BCUT2D eigenvalue weighted by atomic mass is 10.00. The van der Waals surface area contributed by atoms with Crippen LogP contribution in [0.25, 0.3) is 0 Å². The third kappa shape index (κ3) is 3.30. The highest BCUT2D eigenvalue weighted by atomic mass is 35.5. The maximum absolute atomic E-state index is 14.2. The number of hydrogen-bond acceptors (Lipinski definition) is 3. The van der Waals surface area contributed by atoms with Crippen LogP contribution in [-0.4, -0.2) is 29.9 Å². The molecular weight excluding hydrogens is 340 g/mol. The Labute approximate surface area is 144 Å². The van der Waals surface area contributed by atoms with E-state index in [9.17, 15) is 9.60 Å². The number of hydrogen-bond donors (Lipinski definition) is 1. The summed E-state index contributed by atoms with van der Waals surface area (Å²) in [6.07, 6.45) is 0. The minimum Gasteiger partial charge on any atom is -0.623 e. The van der Waals surface area contributed by atoms with Crippen molar-refractivity contribution in [1.29, 1.82) is 0 Å². The summed E-state index contributed by atoms with van der Waals surface area (Å²) in [4.78, 5) is 4.42. The summed E-state index contributed by atoms with van der Waals surface area (Å²) in [7, 11) is 1.69. The third-order valence-corrected chi connectivity index (χ3v) is 3.66. The topological polar surface area (TPSA) is 50.5 Å². The SMILES string of the molecule is CNC1=Nc2ccc(Cl)cc2C(c2ccccc2F)=[N+]([O-])C1.Cl. The quantitative estimate of drug-likeness (QED) is 0.629. The van der Waals surface area contributed by atoms with Crippen LogP contribution in [0.2, 0.25) is 5.02 Å². The lowest BCUT2D eigenvalue weighted by molar-refractivity contribution is -0.439. The summed E-state index contributed by atoms with van der Waals surface area (Å²) >= 11 is 6.05. The van der Waals surface area contributed by atoms with Gasteiger partial charge in [-0.2, -0.15) is 4.74 Å². The van der Waals surface area contributed by atoms with Gasteiger partial charge in [-0.25, -0.2) is 9.38 Å². The van der Waals surface area contributed by atoms with Crippen molar-refractivity contribution in [2.45, 2.75) is 0 Å². The van der Waals surface area contributed by atoms with Crippen molar-refractivity contribution in [2.75, 3.05) is 13.6 Å². The highest BCUT2D eigenvalue weighted by Crippen LogP contribution is 2.28. The minimum atomic E-state index is -0.461. The Bertz CT molecular complexity index is 806. The van der Waals surface area contributed by atoms with Gasteiger partial charge in [0.1, 0.15) is 5.82 Å². The highest BCUT2D eigenvalue weighted by molar-refractivity contribution is 6.31. The van der Waals surface area contributed by atoms with Gasteiger partial charge in [0.05, 0.1) is 16.8 Å². The Morgan fingerprint density at radius 2 is 1.96 bits per heavy atom. The average molecular weight is 354 g/mol. The zero-order chi connectivity index (χ0) is 15.7. The molecule has 2 aromatic carbocycles. The fourth-order valence-electron chi connectivity index (χ4n) is 2.39. The number of likely N-dealkylation sites (N-methyl/N-ethyl adjacent to an activating group) is 1. The Kier molecular flexibility index (Phi) is 5.23. The second kappa shape index (κ2) is 6.98. The number of halogens is 3. The van der Waals surface area contributed by atoms with Crippen LogP contribution in [0.1, 0.15) is 11.1 Å². The van der Waals surface area contributed by atoms with Gasteiger partial charge in [-0.05, 0) is 30.3 Å². The van der Waals surface area contributed by atoms with Gasteiger partial charge in [0.2, 0.25) is 12.3 Å². The first-order valence-corrected chi connectivity index (χ1v) is 7.09. The van der Waals surface area contributed by atoms with Crippen molar-refractivity contribution in [3.05, 3.63) is 69.6 Å². The number of rotatable bonds is 1. The van der Waals surface area contributed by atoms with Crippen LogP contribution in [0.5, 0.6) is 0 Å². The normalized spacial score (nSPS) is 13.6. The molecule has 0 amide bonds. The molecule has 0 saturated carbocycles. The van der Waals surface area contributed by atoms with Crippen LogP contribution in [0.4, 0.5) is 10.1 Å². The summed E-state index contributed by atoms with van der Waals surface area (Å²) in [6.45, 7) is 0.00642. The van der Waals surface area contributed by atoms with Crippen molar-refractivity contribution in [3.8, 4) is 0 Å². The standard InChI is InChI=1S/C16H13ClFN3O.ClH/c1-19-15-9-21(22)16(11-4-2-3-5-13(11)18)12-8-10(17)6-7-14(12)20-15;/h2-8H,9H2,1H3,(H,19,20);1H. The third-order valence-electron chi connectivity index (χ3n) is 3.43. The van der Waals surface area contributed by atoms with E-state index < -0.39 is 5.82 Å². The number of fused-ring (bicyclic) bond motifs is 1. The number of amidine groups is 1. The van der Waals surface area contributed by atoms with Crippen molar-refractivity contribution in [3.63, 3.8) is 0 Å². The van der Waals surface area contributed by atoms with Gasteiger partial charge in [-0.1, -0.05) is 23.7 Å². The molecule has 1 N–H and O–H groups in total. The molecule has 0 aliphatic carbocycles. The summed E-state index contributed by atoms with van der Waals surface area (Å²) in [5.74, 6) is 0.0436. The van der Waals surface area contributed by atoms with Gasteiger partial charge >= 0.3 is 0 Å². The number of hydroxylamine groups is 1. The van der Waals surface area contributed by atoms with Gasteiger partial charge in [-0.15, -0.1) is 12.4 Å². The van der Waals surface area contributed by atoms with Gasteiger partial charge in [0.25, 0.3) is 0 Å². The van der Waals surface area contributed by atoms with Crippen LogP contribution >= 0.6 is 24.0 Å². The number of aliphatic imine (C=N–C) groups is 1. The summed E-state index contributed by atoms with van der Waals surface area (Å²) in [5.41, 5.74) is 1.54. The summed E-state index contributed by atoms with van der Waals surface area (Å²) in [5, 5.41) is 15.9. The van der Waals surface area contributed by atoms with E-state index in [1.165, 1.54) is 6.07 Å². The van der Waals surface area contributed by atoms with Crippen molar-refractivity contribution < 1.29 is 9.13 Å². The summed E-state index contributed by atoms with van der Waals surface area (Å²) < 4.78 is 14.9. The smallest absolute Gasteiger partial charge is 0.231 e. The fourth-order valence-corrected chi connectivity index (χ4v) is 2.57. The van der Waals surface area contributed by atoms with Gasteiger partial charge in [0, 0.05) is 12.1 Å². The molecule has 3 rings (SSSR count). The lowest BCUT2D eigenvalue weighted by Crippen LogP contribution is -2.29. The predicted molar refractivity (Wildman–Crippen MR) is 93.0 cm³/mol. The monoisotopic (exact) mass is 353 g/mol. The molecule has 23 heavy (non-hydrogen) atoms. The Morgan fingerprint density at radius 3 is 2.65 bits per heavy atom. The van der Waals surface area contributed by atoms with E-state index in [2.05, 4.69) is 10.3 Å². The van der Waals surface area contributed by atoms with Crippen LogP contribution in [0, 0.1) is 11.0 Å². The van der Waals surface area contributed by atoms with Crippen LogP contribution in [-0.2, 0) is 0 Å². The first-order chi connectivity index (χ1) is 10.6. The van der Waals surface area contributed by atoms with E-state index in [4.69, 9.17) is 11.6 Å². The van der Waals surface area contributed by atoms with Crippen molar-refractivity contribution >= 4 is 41.2 Å². The molecule has 0 bridgehead atoms. The number of nitrogens with one attached hydrogen (secondary N) is 1. The molecule has 0 radical (unpaired) electrons. The maximum atomic E-state index is 14.2. The summed E-state index contributed by atoms with van der Waals surface area (Å²) in [6, 6.07) is 11.2. The van der Waals surface area contributed by atoms with E-state index in [1.54, 1.807) is 43.4 Å². The van der Waals surface area contributed by atoms with Crippen molar-refractivity contribution in [2.24, 2.45) is 4.99 Å². The zero-order valence-corrected chi connectivity index (χ0v) is 13.8. The molecule has 0 aromatic heterocycles. The van der Waals surface area contributed by atoms with Gasteiger partial charge in [0.15, 0.2) is 5.84 Å². The van der Waals surface area contributed by atoms with E-state index in [0.717, 1.165) is 4.74 Å². The molecule has 1 aliphatic heterocycles. The Hall–Kier alpha value is -2.11. The van der Waals surface area contributed by atoms with Gasteiger partial charge < -0.3 is 10.5 Å². The van der Waals surface area contributed by atoms with E-state index >= 15 is 0 Å². The highest BCUT2D eigenvalue weighted by Gasteiger charge is 2.26. The first-order valence-electron chi connectivity index (χ1n) is 6.72. The molecule has 0 atom stereocenters. The van der Waals surface area contributed by atoms with E-state index in [0.29, 0.717) is 22.1 Å². The molecular formula is C16H14Cl2FN3O. The van der Waals surface area contributed by atoms with Crippen LogP contribution < -0.4 is 5.32 Å². The minimum absolute atomic E-state index is 0. The number of benzene rings is 2. The molecule has 0 spiro atoms. The Balaban J connectivity index is 0.00000192. The van der Waals surface area contributed by atoms with Crippen molar-refractivity contribution in [1.82, 2.24) is 5.32 Å². The lowest BCUT2D eigenvalue weighted by Gasteiger charge is -2.11. The molecule has 120 valence electrons. The van der Waals surface area contributed by atoms with E-state index in [-0.39, 0.29) is 30.2 Å². The molecule has 0 saturated heterocycles. The second-order valence-electron chi connectivity index (χ2n) is 4.84. The molecule has 1 aliphatic rings. The van der Waals surface area contributed by atoms with Crippen LogP contribution in [0.15, 0.2) is 47.5 Å². The molecule has 0 fully saturated rings. The molecule has 4 nitrogen and oxygen atoms in total. The number of nitrogens with zero attached hydrogens (tertiary/aromatic N) is 2. The molecule has 2 aromatic rings. The van der Waals surface area contributed by atoms with Crippen LogP contribution in [0.3, 0.4) is 0 Å². The molecule has 0 unspecified atom stereocenters. The van der Waals surface area contributed by atoms with Gasteiger partial charge in [-0.3, -0.25) is 0 Å². The zero-order valence-electron chi connectivity index (χ0n) is 12.2. The molecule has 7 heteroatoms. The Morgan fingerprint density at radius 1 is 1.22 bits per heavy atom.